The summed E-state index contributed by atoms with van der Waals surface area (Å²) in [5, 5.41) is 7.44. The average molecular weight is 1100 g/mol. The number of nitrogens with zero attached hydrogens (tertiary/aromatic N) is 8. The lowest BCUT2D eigenvalue weighted by Crippen LogP contribution is -2.37. The highest BCUT2D eigenvalue weighted by atomic mass is 35.5. The summed E-state index contributed by atoms with van der Waals surface area (Å²) in [6.45, 7) is 0. The fourth-order valence-electron chi connectivity index (χ4n) is 11.4. The summed E-state index contributed by atoms with van der Waals surface area (Å²) < 4.78 is 0. The Kier molecular flexibility index (Phi) is 11.6. The molecule has 1 atom stereocenters. The summed E-state index contributed by atoms with van der Waals surface area (Å²) in [6.07, 6.45) is 0. The first-order valence-electron chi connectivity index (χ1n) is 23.0. The zero-order valence-electron chi connectivity index (χ0n) is 37.7. The van der Waals surface area contributed by atoms with Crippen LogP contribution in [0.2, 0.25) is 0 Å². The number of amidine groups is 7. The summed E-state index contributed by atoms with van der Waals surface area (Å²) in [4.78, 5) is 40.4. The number of benzene rings is 8. The van der Waals surface area contributed by atoms with Crippen molar-refractivity contribution in [3.8, 4) is 0 Å². The van der Waals surface area contributed by atoms with Crippen molar-refractivity contribution in [2.24, 2.45) is 34.9 Å². The van der Waals surface area contributed by atoms with E-state index >= 15 is 0 Å². The molecular formula is C56H34Cl8N8. The average Bonchev–Trinajstić information content (AvgIpc) is 4.16. The molecule has 8 bridgehead atoms. The first-order chi connectivity index (χ1) is 35.3. The number of hydrogen-bond donors (Lipinski definition) is 0. The molecule has 0 aromatic heterocycles. The first kappa shape index (κ1) is 46.4. The van der Waals surface area contributed by atoms with E-state index in [1.54, 1.807) is 0 Å². The lowest BCUT2D eigenvalue weighted by molar-refractivity contribution is 0.544. The van der Waals surface area contributed by atoms with Crippen LogP contribution < -0.4 is 0 Å². The van der Waals surface area contributed by atoms with Crippen LogP contribution in [0.5, 0.6) is 0 Å². The van der Waals surface area contributed by atoms with Gasteiger partial charge in [-0.15, -0.1) is 92.8 Å². The summed E-state index contributed by atoms with van der Waals surface area (Å²) in [5.74, 6) is 3.27. The van der Waals surface area contributed by atoms with Crippen molar-refractivity contribution in [2.45, 2.75) is 40.9 Å². The van der Waals surface area contributed by atoms with Crippen LogP contribution in [0.15, 0.2) is 144 Å². The number of hydrogen-bond acceptors (Lipinski definition) is 8. The summed E-state index contributed by atoms with van der Waals surface area (Å²) in [5.41, 5.74) is 8.93. The van der Waals surface area contributed by atoms with Crippen molar-refractivity contribution in [2.75, 3.05) is 11.9 Å². The third-order valence-corrected chi connectivity index (χ3v) is 16.7. The minimum atomic E-state index is -1.55. The van der Waals surface area contributed by atoms with Crippen LogP contribution in [0.25, 0.3) is 43.1 Å². The van der Waals surface area contributed by atoms with Crippen molar-refractivity contribution < 1.29 is 0 Å². The molecule has 0 amide bonds. The minimum absolute atomic E-state index is 0.0946. The van der Waals surface area contributed by atoms with Gasteiger partial charge in [0.15, 0.2) is 34.8 Å². The van der Waals surface area contributed by atoms with E-state index in [-0.39, 0.29) is 47.2 Å². The van der Waals surface area contributed by atoms with Gasteiger partial charge >= 0.3 is 0 Å². The van der Waals surface area contributed by atoms with Crippen molar-refractivity contribution in [3.05, 3.63) is 187 Å². The van der Waals surface area contributed by atoms with Gasteiger partial charge in [0.25, 0.3) is 0 Å². The Balaban J connectivity index is 1.23. The van der Waals surface area contributed by atoms with Gasteiger partial charge in [-0.25, -0.2) is 34.9 Å². The summed E-state index contributed by atoms with van der Waals surface area (Å²) >= 11 is 57.1. The number of fused-ring (bicyclic) bond motifs is 20. The first-order valence-corrected chi connectivity index (χ1v) is 27.2. The maximum atomic E-state index is 7.38. The topological polar surface area (TPSA) is 89.8 Å². The largest absolute Gasteiger partial charge is 0.295 e. The van der Waals surface area contributed by atoms with E-state index in [2.05, 4.69) is 36.4 Å². The van der Waals surface area contributed by atoms with Crippen LogP contribution in [0.4, 0.5) is 0 Å². The molecule has 0 N–H and O–H groups in total. The molecule has 8 nitrogen and oxygen atoms in total. The van der Waals surface area contributed by atoms with Crippen molar-refractivity contribution in [1.29, 1.82) is 0 Å². The molecule has 0 aliphatic carbocycles. The van der Waals surface area contributed by atoms with E-state index in [0.29, 0.717) is 74.2 Å². The molecule has 16 heteroatoms. The lowest BCUT2D eigenvalue weighted by Gasteiger charge is -2.26. The smallest absolute Gasteiger partial charge is 0.194 e. The van der Waals surface area contributed by atoms with Crippen LogP contribution in [0.1, 0.15) is 77.9 Å². The van der Waals surface area contributed by atoms with Gasteiger partial charge in [-0.2, -0.15) is 0 Å². The summed E-state index contributed by atoms with van der Waals surface area (Å²) in [7, 11) is 0. The standard InChI is InChI=1S/C56H34Cl8N8/c57-19-37-29-11-3-1-9-27(29)17-35-43(37)52-66-49(35)65-50-36-18-28-10-2-4-12-30(28)38(20-58)44(36)54(68-50)72(26-64)55-46-40(22-60)32-14-6-5-13-31(32)39(21-59)45(46)51(69-55)67-53-47-41(23-61)33-15-7-8-16-34(33)42(24-62)48(47)56(25-63,70-52)71-53/h1-18H,19-26H2. The van der Waals surface area contributed by atoms with E-state index in [1.807, 2.05) is 77.7 Å². The number of aliphatic imine (C=N–C) groups is 7. The third kappa shape index (κ3) is 6.56. The molecule has 8 aromatic carbocycles. The van der Waals surface area contributed by atoms with E-state index < -0.39 is 5.66 Å². The lowest BCUT2D eigenvalue weighted by atomic mass is 9.86. The van der Waals surface area contributed by atoms with Crippen molar-refractivity contribution >= 4 is 177 Å². The van der Waals surface area contributed by atoms with E-state index in [0.717, 1.165) is 87.6 Å². The van der Waals surface area contributed by atoms with E-state index in [1.165, 1.54) is 0 Å². The fourth-order valence-corrected chi connectivity index (χ4v) is 13.6. The molecule has 0 radical (unpaired) electrons. The Labute approximate surface area is 453 Å². The number of rotatable bonds is 8. The Morgan fingerprint density at radius 1 is 0.361 bits per heavy atom. The maximum absolute atomic E-state index is 7.38. The van der Waals surface area contributed by atoms with Gasteiger partial charge in [0.05, 0.1) is 5.88 Å². The number of alkyl halides is 8. The molecule has 354 valence electrons. The van der Waals surface area contributed by atoms with Crippen LogP contribution in [-0.2, 0) is 40.9 Å². The molecule has 0 saturated heterocycles. The molecule has 5 aliphatic heterocycles. The van der Waals surface area contributed by atoms with Crippen LogP contribution in [-0.4, -0.2) is 57.6 Å². The zero-order valence-corrected chi connectivity index (χ0v) is 43.7. The molecule has 8 aromatic rings. The second-order valence-corrected chi connectivity index (χ2v) is 20.0. The predicted molar refractivity (Wildman–Crippen MR) is 304 cm³/mol. The second-order valence-electron chi connectivity index (χ2n) is 17.9. The highest BCUT2D eigenvalue weighted by molar-refractivity contribution is 6.39. The molecule has 72 heavy (non-hydrogen) atoms. The highest BCUT2D eigenvalue weighted by Crippen LogP contribution is 2.49. The molecular weight excluding hydrogens is 1070 g/mol. The predicted octanol–water partition coefficient (Wildman–Crippen LogP) is 15.0. The maximum Gasteiger partial charge on any atom is 0.194 e. The van der Waals surface area contributed by atoms with E-state index in [9.17, 15) is 0 Å². The molecule has 0 saturated carbocycles. The minimum Gasteiger partial charge on any atom is -0.295 e. The summed E-state index contributed by atoms with van der Waals surface area (Å²) in [6, 6.07) is 36.4. The second kappa shape index (κ2) is 17.9. The Bertz CT molecular complexity index is 4000. The van der Waals surface area contributed by atoms with Gasteiger partial charge in [0, 0.05) is 79.8 Å². The third-order valence-electron chi connectivity index (χ3n) is 14.4. The van der Waals surface area contributed by atoms with Crippen molar-refractivity contribution in [1.82, 2.24) is 4.90 Å². The quantitative estimate of drug-likeness (QED) is 0.110. The Morgan fingerprint density at radius 3 is 1.29 bits per heavy atom. The van der Waals surface area contributed by atoms with Gasteiger partial charge in [-0.05, 0) is 88.6 Å². The monoisotopic (exact) mass is 1100 g/mol. The normalized spacial score (nSPS) is 17.4. The van der Waals surface area contributed by atoms with Gasteiger partial charge in [-0.3, -0.25) is 4.90 Å². The molecule has 0 fully saturated rings. The Hall–Kier alpha value is -5.39. The Morgan fingerprint density at radius 2 is 0.750 bits per heavy atom. The highest BCUT2D eigenvalue weighted by Gasteiger charge is 2.47. The molecule has 13 rings (SSSR count). The SMILES string of the molecule is ClCc1c2c(cc3ccccc13)C1=NC2=NC2(CCl)N=C(N=C3N=C(c4c3c(CCl)c3ccccc3c4CCl)N(CCl)C3=NC(=N1)c1cc4ccccc4c(CCl)c13)c1c2c(CCl)c2ccccc2c1CCl. The molecule has 0 spiro atoms. The van der Waals surface area contributed by atoms with Crippen LogP contribution in [0, 0.1) is 0 Å². The molecule has 1 unspecified atom stereocenters. The molecule has 5 heterocycles. The van der Waals surface area contributed by atoms with Gasteiger partial charge in [0.1, 0.15) is 17.7 Å². The van der Waals surface area contributed by atoms with Crippen LogP contribution in [0.3, 0.4) is 0 Å². The fraction of sp³-hybridized carbons (Fsp3) is 0.161. The molecule has 5 aliphatic rings. The zero-order chi connectivity index (χ0) is 49.2. The van der Waals surface area contributed by atoms with Gasteiger partial charge in [0.2, 0.25) is 0 Å². The van der Waals surface area contributed by atoms with Gasteiger partial charge < -0.3 is 0 Å². The van der Waals surface area contributed by atoms with Crippen LogP contribution >= 0.6 is 92.8 Å². The van der Waals surface area contributed by atoms with E-state index in [4.69, 9.17) is 128 Å². The number of halogens is 8. The van der Waals surface area contributed by atoms with Crippen molar-refractivity contribution in [3.63, 3.8) is 0 Å². The van der Waals surface area contributed by atoms with Gasteiger partial charge in [-0.1, -0.05) is 97.1 Å².